The third-order valence-electron chi connectivity index (χ3n) is 8.75. The second-order valence-corrected chi connectivity index (χ2v) is 11.8. The molecule has 2 saturated heterocycles. The molecular weight excluding hydrogens is 575 g/mol. The van der Waals surface area contributed by atoms with E-state index >= 15 is 0 Å². The Bertz CT molecular complexity index is 2160. The second kappa shape index (κ2) is 10.0. The number of aromatic nitrogens is 5. The topological polar surface area (TPSA) is 132 Å². The first-order valence-corrected chi connectivity index (χ1v) is 14.5. The number of nitrogens with zero attached hydrogens (tertiary/aromatic N) is 7. The van der Waals surface area contributed by atoms with Crippen LogP contribution in [-0.4, -0.2) is 62.8 Å². The maximum atomic E-state index is 13.5. The Labute approximate surface area is 256 Å². The molecule has 2 fully saturated rings. The number of fused-ring (bicyclic) bond motifs is 1. The molecule has 6 heterocycles. The quantitative estimate of drug-likeness (QED) is 0.272. The summed E-state index contributed by atoms with van der Waals surface area (Å²) in [6, 6.07) is 16.8. The van der Waals surface area contributed by atoms with E-state index in [1.54, 1.807) is 22.8 Å². The van der Waals surface area contributed by atoms with Gasteiger partial charge in [0.05, 0.1) is 30.3 Å². The van der Waals surface area contributed by atoms with Crippen molar-refractivity contribution in [2.45, 2.75) is 6.54 Å². The molecule has 45 heavy (non-hydrogen) atoms. The number of anilines is 2. The Hall–Kier alpha value is -5.49. The van der Waals surface area contributed by atoms with Crippen LogP contribution in [0.25, 0.3) is 39.4 Å². The van der Waals surface area contributed by atoms with E-state index in [1.807, 2.05) is 23.2 Å². The van der Waals surface area contributed by atoms with Crippen molar-refractivity contribution in [1.82, 2.24) is 29.5 Å². The number of halogens is 1. The van der Waals surface area contributed by atoms with Crippen molar-refractivity contribution in [1.29, 1.82) is 0 Å². The van der Waals surface area contributed by atoms with Crippen molar-refractivity contribution < 1.29 is 9.13 Å². The molecule has 0 unspecified atom stereocenters. The van der Waals surface area contributed by atoms with Gasteiger partial charge in [0.25, 0.3) is 10.9 Å². The predicted octanol–water partition coefficient (Wildman–Crippen LogP) is 3.17. The van der Waals surface area contributed by atoms with Crippen LogP contribution in [0.3, 0.4) is 0 Å². The van der Waals surface area contributed by atoms with Gasteiger partial charge < -0.3 is 15.4 Å². The highest BCUT2D eigenvalue weighted by Crippen LogP contribution is 2.44. The normalized spacial score (nSPS) is 15.8. The molecule has 12 heteroatoms. The van der Waals surface area contributed by atoms with Crippen LogP contribution in [-0.2, 0) is 6.54 Å². The number of methoxy groups -OCH3 is 1. The van der Waals surface area contributed by atoms with Crippen molar-refractivity contribution in [3.63, 3.8) is 0 Å². The van der Waals surface area contributed by atoms with Gasteiger partial charge in [0, 0.05) is 56.1 Å². The zero-order valence-corrected chi connectivity index (χ0v) is 24.3. The second-order valence-electron chi connectivity index (χ2n) is 11.8. The summed E-state index contributed by atoms with van der Waals surface area (Å²) in [6.07, 6.45) is 4.62. The van der Waals surface area contributed by atoms with Crippen LogP contribution in [0.15, 0.2) is 82.8 Å². The third-order valence-corrected chi connectivity index (χ3v) is 8.75. The Balaban J connectivity index is 1.05. The molecule has 2 aliphatic rings. The lowest BCUT2D eigenvalue weighted by Gasteiger charge is -2.61. The summed E-state index contributed by atoms with van der Waals surface area (Å²) >= 11 is 0. The van der Waals surface area contributed by atoms with Gasteiger partial charge in [0.15, 0.2) is 11.4 Å². The van der Waals surface area contributed by atoms with Gasteiger partial charge in [0.2, 0.25) is 0 Å². The van der Waals surface area contributed by atoms with Gasteiger partial charge in [-0.05, 0) is 41.5 Å². The van der Waals surface area contributed by atoms with Crippen LogP contribution >= 0.6 is 0 Å². The molecule has 0 radical (unpaired) electrons. The van der Waals surface area contributed by atoms with Crippen molar-refractivity contribution >= 4 is 17.2 Å². The molecule has 2 aliphatic heterocycles. The molecule has 8 rings (SSSR count). The maximum Gasteiger partial charge on any atom is 0.272 e. The summed E-state index contributed by atoms with van der Waals surface area (Å²) in [7, 11) is 1.43. The van der Waals surface area contributed by atoms with Gasteiger partial charge in [-0.15, -0.1) is 0 Å². The molecule has 224 valence electrons. The molecule has 6 aromatic rings. The number of pyridine rings is 2. The third kappa shape index (κ3) is 4.36. The van der Waals surface area contributed by atoms with Crippen LogP contribution in [0.5, 0.6) is 5.75 Å². The molecule has 0 aliphatic carbocycles. The van der Waals surface area contributed by atoms with Crippen molar-refractivity contribution in [3.05, 3.63) is 105 Å². The highest BCUT2D eigenvalue weighted by atomic mass is 19.1. The van der Waals surface area contributed by atoms with Crippen LogP contribution in [0, 0.1) is 11.2 Å². The van der Waals surface area contributed by atoms with Crippen molar-refractivity contribution in [3.8, 4) is 39.5 Å². The fourth-order valence-electron chi connectivity index (χ4n) is 6.68. The molecule has 11 nitrogen and oxygen atoms in total. The Kier molecular flexibility index (Phi) is 6.04. The molecule has 1 spiro atoms. The number of hydrogen-bond acceptors (Lipinski definition) is 10. The Morgan fingerprint density at radius 3 is 2.47 bits per heavy atom. The van der Waals surface area contributed by atoms with Crippen molar-refractivity contribution in [2.24, 2.45) is 5.41 Å². The highest BCUT2D eigenvalue weighted by Gasteiger charge is 2.53. The zero-order valence-electron chi connectivity index (χ0n) is 24.3. The monoisotopic (exact) mass is 602 g/mol. The molecule has 0 saturated carbocycles. The minimum absolute atomic E-state index is 0.142. The van der Waals surface area contributed by atoms with E-state index in [1.165, 1.54) is 19.4 Å². The fourth-order valence-corrected chi connectivity index (χ4v) is 6.68. The van der Waals surface area contributed by atoms with E-state index < -0.39 is 16.7 Å². The summed E-state index contributed by atoms with van der Waals surface area (Å²) in [5.41, 5.74) is 11.9. The number of hydrogen-bond donors (Lipinski definition) is 1. The molecule has 2 aromatic carbocycles. The van der Waals surface area contributed by atoms with Gasteiger partial charge in [-0.3, -0.25) is 19.5 Å². The van der Waals surface area contributed by atoms with E-state index in [9.17, 15) is 14.0 Å². The maximum absolute atomic E-state index is 13.5. The van der Waals surface area contributed by atoms with Crippen LogP contribution < -0.4 is 26.2 Å². The first kappa shape index (κ1) is 27.1. The van der Waals surface area contributed by atoms with Gasteiger partial charge in [0.1, 0.15) is 23.0 Å². The fraction of sp³-hybridized carbons (Fsp3) is 0.212. The van der Waals surface area contributed by atoms with E-state index in [2.05, 4.69) is 39.1 Å². The smallest absolute Gasteiger partial charge is 0.272 e. The van der Waals surface area contributed by atoms with Gasteiger partial charge in [-0.1, -0.05) is 24.3 Å². The van der Waals surface area contributed by atoms with Crippen molar-refractivity contribution in [2.75, 3.05) is 43.9 Å². The van der Waals surface area contributed by atoms with E-state index in [0.29, 0.717) is 39.8 Å². The van der Waals surface area contributed by atoms with Gasteiger partial charge in [-0.25, -0.2) is 18.9 Å². The summed E-state index contributed by atoms with van der Waals surface area (Å²) in [5, 5.41) is 4.83. The lowest BCUT2D eigenvalue weighted by molar-refractivity contribution is -0.0276. The molecular formula is C33H27FN8O3. The van der Waals surface area contributed by atoms with E-state index in [0.717, 1.165) is 49.4 Å². The molecule has 0 amide bonds. The van der Waals surface area contributed by atoms with Crippen LogP contribution in [0.1, 0.15) is 5.56 Å². The Morgan fingerprint density at radius 1 is 0.956 bits per heavy atom. The highest BCUT2D eigenvalue weighted by molar-refractivity contribution is 5.93. The Morgan fingerprint density at radius 2 is 1.76 bits per heavy atom. The molecule has 0 atom stereocenters. The standard InChI is InChI=1S/C33H27FN8O3/c1-45-30-27(28(43)29(30)44)41-17-33(18-41)15-40(16-33)14-19-4-6-20(7-5-19)25-26(22-3-2-11-36-31(22)35)39-42-12-10-24(38-32(25)42)23-9-8-21(34)13-37-23/h2-13H,14-18H2,1H3,(H2,35,36). The minimum atomic E-state index is -0.534. The average molecular weight is 603 g/mol. The first-order valence-electron chi connectivity index (χ1n) is 14.5. The largest absolute Gasteiger partial charge is 0.491 e. The lowest BCUT2D eigenvalue weighted by Crippen LogP contribution is -2.73. The van der Waals surface area contributed by atoms with Gasteiger partial charge in [-0.2, -0.15) is 5.10 Å². The van der Waals surface area contributed by atoms with E-state index in [4.69, 9.17) is 20.6 Å². The number of rotatable bonds is 7. The van der Waals surface area contributed by atoms with Gasteiger partial charge >= 0.3 is 0 Å². The number of ether oxygens (including phenoxy) is 1. The summed E-state index contributed by atoms with van der Waals surface area (Å²) < 4.78 is 20.3. The molecule has 4 aromatic heterocycles. The zero-order chi connectivity index (χ0) is 30.9. The number of nitrogens with two attached hydrogens (primary N) is 1. The van der Waals surface area contributed by atoms with E-state index in [-0.39, 0.29) is 11.2 Å². The lowest BCUT2D eigenvalue weighted by atomic mass is 9.72. The minimum Gasteiger partial charge on any atom is -0.491 e. The number of nitrogen functional groups attached to an aromatic ring is 1. The average Bonchev–Trinajstić information content (AvgIpc) is 3.39. The van der Waals surface area contributed by atoms with Crippen LogP contribution in [0.4, 0.5) is 15.9 Å². The number of likely N-dealkylation sites (tertiary alicyclic amines) is 1. The summed E-state index contributed by atoms with van der Waals surface area (Å²) in [5.74, 6) is 0.136. The predicted molar refractivity (Wildman–Crippen MR) is 167 cm³/mol. The SMILES string of the molecule is COc1c(N2CC3(CN(Cc4ccc(-c5c(-c6cccnc6N)nn6ccc(-c7ccc(F)cn7)nc56)cc4)C3)C2)c(=O)c1=O. The summed E-state index contributed by atoms with van der Waals surface area (Å²) in [6.45, 7) is 4.14. The molecule has 2 N–H and O–H groups in total. The summed E-state index contributed by atoms with van der Waals surface area (Å²) in [4.78, 5) is 41.4. The first-order chi connectivity index (χ1) is 21.8. The molecule has 0 bridgehead atoms. The number of benzene rings is 1. The van der Waals surface area contributed by atoms with Crippen LogP contribution in [0.2, 0.25) is 0 Å².